The Kier molecular flexibility index (Phi) is 9.08. The Morgan fingerprint density at radius 3 is 2.40 bits per heavy atom. The Morgan fingerprint density at radius 2 is 1.74 bits per heavy atom. The van der Waals surface area contributed by atoms with Crippen molar-refractivity contribution in [1.29, 1.82) is 5.26 Å². The van der Waals surface area contributed by atoms with Gasteiger partial charge in [0.25, 0.3) is 11.5 Å². The van der Waals surface area contributed by atoms with Crippen LogP contribution in [0, 0.1) is 18.3 Å². The summed E-state index contributed by atoms with van der Waals surface area (Å²) in [5.41, 5.74) is 1.65. The van der Waals surface area contributed by atoms with E-state index in [4.69, 9.17) is 4.74 Å². The van der Waals surface area contributed by atoms with Crippen LogP contribution in [0.2, 0.25) is 0 Å². The second-order valence-electron chi connectivity index (χ2n) is 8.39. The highest BCUT2D eigenvalue weighted by Gasteiger charge is 2.19. The molecule has 0 atom stereocenters. The molecule has 1 N–H and O–H groups in total. The van der Waals surface area contributed by atoms with Crippen LogP contribution in [0.5, 0.6) is 5.75 Å². The maximum Gasteiger partial charge on any atom is 0.295 e. The second-order valence-corrected chi connectivity index (χ2v) is 8.39. The fourth-order valence-electron chi connectivity index (χ4n) is 3.76. The van der Waals surface area contributed by atoms with Crippen molar-refractivity contribution in [3.8, 4) is 17.5 Å². The third-order valence-electron chi connectivity index (χ3n) is 5.87. The minimum atomic E-state index is -0.633. The Hall–Kier alpha value is -4.05. The van der Waals surface area contributed by atoms with Gasteiger partial charge in [0.05, 0.1) is 18.0 Å². The number of benzene rings is 2. The van der Waals surface area contributed by atoms with E-state index < -0.39 is 5.91 Å². The minimum absolute atomic E-state index is 0.0940. The van der Waals surface area contributed by atoms with Gasteiger partial charge < -0.3 is 10.1 Å². The lowest BCUT2D eigenvalue weighted by atomic mass is 10.1. The summed E-state index contributed by atoms with van der Waals surface area (Å²) in [5.74, 6) is 0.118. The van der Waals surface area contributed by atoms with Gasteiger partial charge in [0.2, 0.25) is 0 Å². The smallest absolute Gasteiger partial charge is 0.295 e. The second kappa shape index (κ2) is 12.4. The molecule has 0 unspecified atom stereocenters. The average Bonchev–Trinajstić information content (AvgIpc) is 3.08. The van der Waals surface area contributed by atoms with E-state index in [1.165, 1.54) is 30.0 Å². The number of anilines is 1. The summed E-state index contributed by atoms with van der Waals surface area (Å²) < 4.78 is 8.92. The summed E-state index contributed by atoms with van der Waals surface area (Å²) in [4.78, 5) is 25.9. The monoisotopic (exact) mass is 472 g/mol. The van der Waals surface area contributed by atoms with E-state index in [1.807, 2.05) is 48.5 Å². The third-order valence-corrected chi connectivity index (χ3v) is 5.87. The maximum absolute atomic E-state index is 13.0. The van der Waals surface area contributed by atoms with E-state index in [9.17, 15) is 14.9 Å². The van der Waals surface area contributed by atoms with E-state index in [0.29, 0.717) is 23.6 Å². The number of carbonyl (C=O) groups excluding carboxylic acids is 1. The highest BCUT2D eigenvalue weighted by atomic mass is 16.5. The lowest BCUT2D eigenvalue weighted by Gasteiger charge is -2.07. The predicted molar refractivity (Wildman–Crippen MR) is 139 cm³/mol. The predicted octanol–water partition coefficient (Wildman–Crippen LogP) is 5.38. The molecule has 0 saturated heterocycles. The van der Waals surface area contributed by atoms with E-state index >= 15 is 0 Å². The largest absolute Gasteiger partial charge is 0.494 e. The normalized spacial score (nSPS) is 11.2. The van der Waals surface area contributed by atoms with Crippen LogP contribution in [0.4, 0.5) is 5.69 Å². The SMILES string of the molecule is CCCCCCCOc1ccc(/C=C(\C#N)C(=O)Nc2c(C)n(C)n(-c3ccccc3)c2=O)cc1. The van der Waals surface area contributed by atoms with Crippen LogP contribution in [-0.4, -0.2) is 21.9 Å². The van der Waals surface area contributed by atoms with Gasteiger partial charge in [0, 0.05) is 7.05 Å². The van der Waals surface area contributed by atoms with Gasteiger partial charge in [-0.05, 0) is 49.2 Å². The molecule has 1 aromatic heterocycles. The number of aromatic nitrogens is 2. The van der Waals surface area contributed by atoms with Crippen LogP contribution in [0.3, 0.4) is 0 Å². The molecule has 0 saturated carbocycles. The lowest BCUT2D eigenvalue weighted by Crippen LogP contribution is -2.23. The Balaban J connectivity index is 1.69. The van der Waals surface area contributed by atoms with Crippen LogP contribution >= 0.6 is 0 Å². The summed E-state index contributed by atoms with van der Waals surface area (Å²) >= 11 is 0. The molecule has 7 nitrogen and oxygen atoms in total. The highest BCUT2D eigenvalue weighted by molar-refractivity contribution is 6.09. The molecule has 0 radical (unpaired) electrons. The molecule has 0 fully saturated rings. The molecule has 3 aromatic rings. The summed E-state index contributed by atoms with van der Waals surface area (Å²) in [7, 11) is 1.75. The van der Waals surface area contributed by atoms with Crippen molar-refractivity contribution in [2.24, 2.45) is 7.05 Å². The number of nitrogens with zero attached hydrogens (tertiary/aromatic N) is 3. The number of hydrogen-bond acceptors (Lipinski definition) is 4. The van der Waals surface area contributed by atoms with Crippen LogP contribution < -0.4 is 15.6 Å². The molecule has 0 aliphatic carbocycles. The Labute approximate surface area is 206 Å². The number of nitrogens with one attached hydrogen (secondary N) is 1. The number of para-hydroxylation sites is 1. The summed E-state index contributed by atoms with van der Waals surface area (Å²) in [6.45, 7) is 4.61. The minimum Gasteiger partial charge on any atom is -0.494 e. The van der Waals surface area contributed by atoms with E-state index in [2.05, 4.69) is 12.2 Å². The summed E-state index contributed by atoms with van der Waals surface area (Å²) in [5, 5.41) is 12.2. The number of carbonyl (C=O) groups is 1. The van der Waals surface area contributed by atoms with Gasteiger partial charge in [0.15, 0.2) is 0 Å². The molecule has 182 valence electrons. The molecule has 7 heteroatoms. The number of nitriles is 1. The Bertz CT molecular complexity index is 1260. The first-order valence-electron chi connectivity index (χ1n) is 12.0. The molecule has 3 rings (SSSR count). The van der Waals surface area contributed by atoms with Crippen molar-refractivity contribution >= 4 is 17.7 Å². The molecule has 1 amide bonds. The molecule has 35 heavy (non-hydrogen) atoms. The summed E-state index contributed by atoms with van der Waals surface area (Å²) in [6.07, 6.45) is 7.37. The average molecular weight is 473 g/mol. The van der Waals surface area contributed by atoms with E-state index in [1.54, 1.807) is 30.8 Å². The van der Waals surface area contributed by atoms with Crippen LogP contribution in [0.25, 0.3) is 11.8 Å². The zero-order valence-corrected chi connectivity index (χ0v) is 20.6. The standard InChI is InChI=1S/C28H32N4O3/c1-4-5-6-7-11-18-35-25-16-14-22(15-17-25)19-23(20-29)27(33)30-26-21(2)31(3)32(28(26)34)24-12-9-8-10-13-24/h8-10,12-17,19H,4-7,11,18H2,1-3H3,(H,30,33)/b23-19+. The van der Waals surface area contributed by atoms with Gasteiger partial charge >= 0.3 is 0 Å². The first-order valence-corrected chi connectivity index (χ1v) is 12.0. The van der Waals surface area contributed by atoms with Crippen LogP contribution in [-0.2, 0) is 11.8 Å². The number of ether oxygens (including phenoxy) is 1. The quantitative estimate of drug-likeness (QED) is 0.231. The van der Waals surface area contributed by atoms with Crippen LogP contribution in [0.15, 0.2) is 65.0 Å². The molecule has 0 bridgehead atoms. The molecule has 0 spiro atoms. The zero-order valence-electron chi connectivity index (χ0n) is 20.6. The van der Waals surface area contributed by atoms with Gasteiger partial charge in [-0.3, -0.25) is 14.3 Å². The van der Waals surface area contributed by atoms with Crippen LogP contribution in [0.1, 0.15) is 50.3 Å². The molecule has 0 aliphatic rings. The number of rotatable bonds is 11. The lowest BCUT2D eigenvalue weighted by molar-refractivity contribution is -0.112. The number of unbranched alkanes of at least 4 members (excludes halogenated alkanes) is 4. The highest BCUT2D eigenvalue weighted by Crippen LogP contribution is 2.18. The van der Waals surface area contributed by atoms with E-state index in [0.717, 1.165) is 18.6 Å². The molecule has 0 aliphatic heterocycles. The topological polar surface area (TPSA) is 89.0 Å². The molecule has 1 heterocycles. The summed E-state index contributed by atoms with van der Waals surface area (Å²) in [6, 6.07) is 18.3. The fourth-order valence-corrected chi connectivity index (χ4v) is 3.76. The Morgan fingerprint density at radius 1 is 1.06 bits per heavy atom. The van der Waals surface area contributed by atoms with Gasteiger partial charge in [-0.2, -0.15) is 5.26 Å². The van der Waals surface area contributed by atoms with Crippen molar-refractivity contribution < 1.29 is 9.53 Å². The van der Waals surface area contributed by atoms with Crippen molar-refractivity contribution in [2.75, 3.05) is 11.9 Å². The van der Waals surface area contributed by atoms with Gasteiger partial charge in [-0.15, -0.1) is 0 Å². The zero-order chi connectivity index (χ0) is 25.2. The van der Waals surface area contributed by atoms with Gasteiger partial charge in [-0.25, -0.2) is 4.68 Å². The first-order chi connectivity index (χ1) is 17.0. The van der Waals surface area contributed by atoms with Crippen molar-refractivity contribution in [1.82, 2.24) is 9.36 Å². The maximum atomic E-state index is 13.0. The fraction of sp³-hybridized carbons (Fsp3) is 0.321. The number of hydrogen-bond donors (Lipinski definition) is 1. The van der Waals surface area contributed by atoms with Gasteiger partial charge in [-0.1, -0.05) is 62.9 Å². The van der Waals surface area contributed by atoms with Gasteiger partial charge in [0.1, 0.15) is 23.1 Å². The van der Waals surface area contributed by atoms with Crippen molar-refractivity contribution in [2.45, 2.75) is 46.0 Å². The number of amides is 1. The first kappa shape index (κ1) is 25.6. The van der Waals surface area contributed by atoms with Crippen molar-refractivity contribution in [3.05, 3.63) is 81.8 Å². The van der Waals surface area contributed by atoms with Crippen molar-refractivity contribution in [3.63, 3.8) is 0 Å². The molecule has 2 aromatic carbocycles. The molecular formula is C28H32N4O3. The third kappa shape index (κ3) is 6.51. The van der Waals surface area contributed by atoms with E-state index in [-0.39, 0.29) is 16.8 Å². The molecular weight excluding hydrogens is 440 g/mol.